The van der Waals surface area contributed by atoms with Gasteiger partial charge in [-0.1, -0.05) is 17.7 Å². The number of hydrogen-bond donors (Lipinski definition) is 1. The van der Waals surface area contributed by atoms with E-state index in [-0.39, 0.29) is 6.10 Å². The largest absolute Gasteiger partial charge is 0.373 e. The Bertz CT molecular complexity index is 587. The molecule has 2 heterocycles. The van der Waals surface area contributed by atoms with Crippen LogP contribution >= 0.6 is 11.6 Å². The molecule has 0 spiro atoms. The van der Waals surface area contributed by atoms with Crippen LogP contribution in [0, 0.1) is 5.92 Å². The topological polar surface area (TPSA) is 48.1 Å². The van der Waals surface area contributed by atoms with E-state index in [1.54, 1.807) is 6.20 Å². The minimum absolute atomic E-state index is 0.0356. The molecule has 19 heavy (non-hydrogen) atoms. The van der Waals surface area contributed by atoms with Crippen LogP contribution in [0.4, 0.5) is 0 Å². The molecule has 2 unspecified atom stereocenters. The van der Waals surface area contributed by atoms with Crippen molar-refractivity contribution in [1.82, 2.24) is 4.98 Å². The molecule has 0 radical (unpaired) electrons. The summed E-state index contributed by atoms with van der Waals surface area (Å²) < 4.78 is 5.95. The molecule has 3 nitrogen and oxygen atoms in total. The highest BCUT2D eigenvalue weighted by atomic mass is 35.5. The molecule has 3 rings (SSSR count). The van der Waals surface area contributed by atoms with Crippen molar-refractivity contribution in [2.24, 2.45) is 11.7 Å². The lowest BCUT2D eigenvalue weighted by Gasteiger charge is -2.31. The lowest BCUT2D eigenvalue weighted by Crippen LogP contribution is -2.28. The maximum absolute atomic E-state index is 6.23. The Hall–Kier alpha value is -1.16. The van der Waals surface area contributed by atoms with Crippen molar-refractivity contribution in [3.63, 3.8) is 0 Å². The molecule has 1 aliphatic rings. The molecule has 2 N–H and O–H groups in total. The predicted molar refractivity (Wildman–Crippen MR) is 77.2 cm³/mol. The molecular weight excluding hydrogens is 260 g/mol. The first kappa shape index (κ1) is 12.9. The van der Waals surface area contributed by atoms with E-state index in [1.807, 2.05) is 24.3 Å². The van der Waals surface area contributed by atoms with Gasteiger partial charge in [0.1, 0.15) is 0 Å². The Balaban J connectivity index is 2.11. The van der Waals surface area contributed by atoms with Crippen LogP contribution in [0.25, 0.3) is 10.9 Å². The summed E-state index contributed by atoms with van der Waals surface area (Å²) >= 11 is 6.23. The van der Waals surface area contributed by atoms with Crippen LogP contribution < -0.4 is 5.73 Å². The van der Waals surface area contributed by atoms with E-state index in [1.165, 1.54) is 0 Å². The Kier molecular flexibility index (Phi) is 3.69. The van der Waals surface area contributed by atoms with Gasteiger partial charge in [0.15, 0.2) is 0 Å². The van der Waals surface area contributed by atoms with Crippen molar-refractivity contribution in [3.8, 4) is 0 Å². The fourth-order valence-electron chi connectivity index (χ4n) is 2.82. The summed E-state index contributed by atoms with van der Waals surface area (Å²) in [6.07, 6.45) is 4.02. The van der Waals surface area contributed by atoms with Gasteiger partial charge in [0, 0.05) is 34.7 Å². The van der Waals surface area contributed by atoms with E-state index in [9.17, 15) is 0 Å². The number of aromatic nitrogens is 1. The van der Waals surface area contributed by atoms with Crippen LogP contribution in [0.15, 0.2) is 30.5 Å². The second kappa shape index (κ2) is 5.45. The zero-order valence-electron chi connectivity index (χ0n) is 10.7. The van der Waals surface area contributed by atoms with E-state index in [2.05, 4.69) is 4.98 Å². The van der Waals surface area contributed by atoms with Crippen LogP contribution in [-0.4, -0.2) is 18.1 Å². The van der Waals surface area contributed by atoms with E-state index in [0.29, 0.717) is 12.5 Å². The molecule has 1 aliphatic heterocycles. The number of pyridine rings is 1. The van der Waals surface area contributed by atoms with Crippen LogP contribution in [0.1, 0.15) is 24.5 Å². The minimum Gasteiger partial charge on any atom is -0.373 e. The fraction of sp³-hybridized carbons (Fsp3) is 0.400. The molecule has 4 heteroatoms. The minimum atomic E-state index is 0.0356. The Morgan fingerprint density at radius 3 is 3.11 bits per heavy atom. The summed E-state index contributed by atoms with van der Waals surface area (Å²) in [5.74, 6) is 0.361. The van der Waals surface area contributed by atoms with Gasteiger partial charge in [0.05, 0.1) is 11.6 Å². The van der Waals surface area contributed by atoms with Gasteiger partial charge < -0.3 is 10.5 Å². The summed E-state index contributed by atoms with van der Waals surface area (Å²) in [4.78, 5) is 4.48. The summed E-state index contributed by atoms with van der Waals surface area (Å²) in [6.45, 7) is 1.43. The number of nitrogens with two attached hydrogens (primary N) is 1. The zero-order chi connectivity index (χ0) is 13.2. The molecular formula is C15H17ClN2O. The molecule has 1 aromatic heterocycles. The standard InChI is InChI=1S/C15H17ClN2O/c16-13-6-5-12(14-11(13)4-1-7-18-14)15-10(9-17)3-2-8-19-15/h1,4-7,10,15H,2-3,8-9,17H2. The number of halogens is 1. The van der Waals surface area contributed by atoms with Crippen LogP contribution in [0.2, 0.25) is 5.02 Å². The summed E-state index contributed by atoms with van der Waals surface area (Å²) in [5, 5.41) is 1.71. The van der Waals surface area contributed by atoms with Crippen molar-refractivity contribution in [2.45, 2.75) is 18.9 Å². The predicted octanol–water partition coefficient (Wildman–Crippen LogP) is 3.31. The third kappa shape index (κ3) is 2.34. The molecule has 2 atom stereocenters. The normalized spacial score (nSPS) is 23.7. The van der Waals surface area contributed by atoms with Gasteiger partial charge in [-0.3, -0.25) is 4.98 Å². The molecule has 0 saturated carbocycles. The third-order valence-corrected chi connectivity index (χ3v) is 4.13. The van der Waals surface area contributed by atoms with E-state index in [0.717, 1.165) is 40.9 Å². The Labute approximate surface area is 117 Å². The van der Waals surface area contributed by atoms with E-state index in [4.69, 9.17) is 22.1 Å². The maximum atomic E-state index is 6.23. The average molecular weight is 277 g/mol. The second-order valence-electron chi connectivity index (χ2n) is 4.97. The van der Waals surface area contributed by atoms with Gasteiger partial charge in [-0.2, -0.15) is 0 Å². The Morgan fingerprint density at radius 2 is 2.26 bits per heavy atom. The Morgan fingerprint density at radius 1 is 1.37 bits per heavy atom. The molecule has 0 bridgehead atoms. The smallest absolute Gasteiger partial charge is 0.0886 e. The average Bonchev–Trinajstić information content (AvgIpc) is 2.48. The summed E-state index contributed by atoms with van der Waals surface area (Å²) in [5.41, 5.74) is 7.92. The van der Waals surface area contributed by atoms with Gasteiger partial charge >= 0.3 is 0 Å². The second-order valence-corrected chi connectivity index (χ2v) is 5.37. The third-order valence-electron chi connectivity index (χ3n) is 3.80. The molecule has 0 aliphatic carbocycles. The van der Waals surface area contributed by atoms with Gasteiger partial charge in [-0.15, -0.1) is 0 Å². The molecule has 1 fully saturated rings. The number of nitrogens with zero attached hydrogens (tertiary/aromatic N) is 1. The number of fused-ring (bicyclic) bond motifs is 1. The van der Waals surface area contributed by atoms with Gasteiger partial charge in [0.2, 0.25) is 0 Å². The summed E-state index contributed by atoms with van der Waals surface area (Å²) in [7, 11) is 0. The lowest BCUT2D eigenvalue weighted by molar-refractivity contribution is -0.0243. The van der Waals surface area contributed by atoms with Crippen molar-refractivity contribution in [2.75, 3.05) is 13.2 Å². The first-order valence-corrected chi connectivity index (χ1v) is 7.04. The fourth-order valence-corrected chi connectivity index (χ4v) is 3.03. The van der Waals surface area contributed by atoms with Crippen molar-refractivity contribution in [3.05, 3.63) is 41.0 Å². The highest BCUT2D eigenvalue weighted by Crippen LogP contribution is 2.37. The maximum Gasteiger partial charge on any atom is 0.0886 e. The zero-order valence-corrected chi connectivity index (χ0v) is 11.4. The first-order chi connectivity index (χ1) is 9.31. The number of rotatable bonds is 2. The quantitative estimate of drug-likeness (QED) is 0.915. The number of benzene rings is 1. The van der Waals surface area contributed by atoms with E-state index >= 15 is 0 Å². The van der Waals surface area contributed by atoms with Crippen LogP contribution in [0.3, 0.4) is 0 Å². The van der Waals surface area contributed by atoms with Crippen molar-refractivity contribution in [1.29, 1.82) is 0 Å². The van der Waals surface area contributed by atoms with Crippen LogP contribution in [-0.2, 0) is 4.74 Å². The highest BCUT2D eigenvalue weighted by molar-refractivity contribution is 6.35. The van der Waals surface area contributed by atoms with Crippen molar-refractivity contribution >= 4 is 22.5 Å². The van der Waals surface area contributed by atoms with Gasteiger partial charge in [0.25, 0.3) is 0 Å². The van der Waals surface area contributed by atoms with Gasteiger partial charge in [-0.25, -0.2) is 0 Å². The molecule has 2 aromatic rings. The van der Waals surface area contributed by atoms with Crippen LogP contribution in [0.5, 0.6) is 0 Å². The lowest BCUT2D eigenvalue weighted by atomic mass is 9.88. The number of hydrogen-bond acceptors (Lipinski definition) is 3. The molecule has 1 aromatic carbocycles. The monoisotopic (exact) mass is 276 g/mol. The van der Waals surface area contributed by atoms with Crippen molar-refractivity contribution < 1.29 is 4.74 Å². The summed E-state index contributed by atoms with van der Waals surface area (Å²) in [6, 6.07) is 7.84. The first-order valence-electron chi connectivity index (χ1n) is 6.66. The highest BCUT2D eigenvalue weighted by Gasteiger charge is 2.28. The molecule has 100 valence electrons. The SMILES string of the molecule is NCC1CCCOC1c1ccc(Cl)c2cccnc12. The van der Waals surface area contributed by atoms with E-state index < -0.39 is 0 Å². The van der Waals surface area contributed by atoms with Gasteiger partial charge in [-0.05, 0) is 37.6 Å². The molecule has 1 saturated heterocycles. The number of ether oxygens (including phenoxy) is 1. The molecule has 0 amide bonds.